The monoisotopic (exact) mass is 500 g/mol. The molecule has 3 aromatic carbocycles. The van der Waals surface area contributed by atoms with Crippen LogP contribution in [-0.4, -0.2) is 34.2 Å². The van der Waals surface area contributed by atoms with Gasteiger partial charge < -0.3 is 9.97 Å². The van der Waals surface area contributed by atoms with Crippen molar-refractivity contribution in [2.75, 3.05) is 0 Å². The van der Waals surface area contributed by atoms with Gasteiger partial charge in [-0.05, 0) is 69.4 Å². The summed E-state index contributed by atoms with van der Waals surface area (Å²) >= 11 is 0. The van der Waals surface area contributed by atoms with Gasteiger partial charge in [0.2, 0.25) is 0 Å². The highest BCUT2D eigenvalue weighted by molar-refractivity contribution is 5.94. The average molecular weight is 501 g/mol. The van der Waals surface area contributed by atoms with Crippen molar-refractivity contribution in [3.8, 4) is 0 Å². The minimum absolute atomic E-state index is 0.337. The molecule has 5 rings (SSSR count). The fraction of sp³-hybridized carbons (Fsp3) is 0. The Morgan fingerprint density at radius 1 is 0.579 bits per heavy atom. The molecule has 0 atom stereocenters. The molecule has 0 unspecified atom stereocenters. The summed E-state index contributed by atoms with van der Waals surface area (Å²) in [5.41, 5.74) is 10.4. The van der Waals surface area contributed by atoms with E-state index in [9.17, 15) is 9.59 Å². The molecule has 4 N–H and O–H groups in total. The SMILES string of the molecule is O=C(/C=C/c1ccc(/C=C/C(=O)N/N=C/c2ccc3cc[nH]c3c2)cc1)N/N=C/c1ccc2cc[nH]c2c1. The largest absolute Gasteiger partial charge is 0.361 e. The first-order valence-corrected chi connectivity index (χ1v) is 11.9. The molecule has 2 aromatic heterocycles. The molecule has 8 nitrogen and oxygen atoms in total. The molecule has 0 saturated heterocycles. The number of fused-ring (bicyclic) bond motifs is 2. The van der Waals surface area contributed by atoms with Gasteiger partial charge in [0.1, 0.15) is 0 Å². The zero-order valence-electron chi connectivity index (χ0n) is 20.3. The molecular formula is C30H24N6O2. The molecule has 2 heterocycles. The van der Waals surface area contributed by atoms with Crippen LogP contribution in [0, 0.1) is 0 Å². The molecule has 0 saturated carbocycles. The highest BCUT2D eigenvalue weighted by Gasteiger charge is 1.98. The Morgan fingerprint density at radius 2 is 1.00 bits per heavy atom. The second-order valence-corrected chi connectivity index (χ2v) is 8.45. The molecule has 8 heteroatoms. The van der Waals surface area contributed by atoms with Crippen LogP contribution in [0.15, 0.2) is 108 Å². The Bertz CT molecular complexity index is 1580. The normalized spacial score (nSPS) is 12.0. The van der Waals surface area contributed by atoms with Crippen molar-refractivity contribution in [2.45, 2.75) is 0 Å². The molecular weight excluding hydrogens is 476 g/mol. The van der Waals surface area contributed by atoms with Crippen molar-refractivity contribution in [2.24, 2.45) is 10.2 Å². The van der Waals surface area contributed by atoms with Gasteiger partial charge >= 0.3 is 0 Å². The molecule has 0 radical (unpaired) electrons. The third kappa shape index (κ3) is 6.38. The van der Waals surface area contributed by atoms with Gasteiger partial charge in [0.05, 0.1) is 12.4 Å². The Hall–Kier alpha value is -5.50. The van der Waals surface area contributed by atoms with E-state index in [2.05, 4.69) is 31.0 Å². The van der Waals surface area contributed by atoms with Crippen molar-refractivity contribution >= 4 is 58.2 Å². The van der Waals surface area contributed by atoms with Gasteiger partial charge in [-0.2, -0.15) is 10.2 Å². The minimum atomic E-state index is -0.337. The second-order valence-electron chi connectivity index (χ2n) is 8.45. The van der Waals surface area contributed by atoms with Crippen molar-refractivity contribution in [1.82, 2.24) is 20.8 Å². The van der Waals surface area contributed by atoms with E-state index in [1.54, 1.807) is 24.6 Å². The van der Waals surface area contributed by atoms with Crippen molar-refractivity contribution in [3.05, 3.63) is 120 Å². The van der Waals surface area contributed by atoms with Crippen LogP contribution < -0.4 is 10.9 Å². The number of carbonyl (C=O) groups is 2. The summed E-state index contributed by atoms with van der Waals surface area (Å²) in [4.78, 5) is 30.4. The lowest BCUT2D eigenvalue weighted by molar-refractivity contribution is -0.117. The smallest absolute Gasteiger partial charge is 0.264 e. The number of aromatic amines is 2. The maximum Gasteiger partial charge on any atom is 0.264 e. The molecule has 0 aliphatic rings. The zero-order valence-corrected chi connectivity index (χ0v) is 20.3. The summed E-state index contributed by atoms with van der Waals surface area (Å²) in [6.07, 6.45) is 13.1. The van der Waals surface area contributed by atoms with Crippen LogP contribution >= 0.6 is 0 Å². The topological polar surface area (TPSA) is 114 Å². The van der Waals surface area contributed by atoms with Gasteiger partial charge in [-0.15, -0.1) is 0 Å². The molecule has 0 fully saturated rings. The van der Waals surface area contributed by atoms with Crippen LogP contribution in [0.5, 0.6) is 0 Å². The van der Waals surface area contributed by atoms with Crippen LogP contribution in [0.1, 0.15) is 22.3 Å². The third-order valence-electron chi connectivity index (χ3n) is 5.73. The number of benzene rings is 3. The number of nitrogens with zero attached hydrogens (tertiary/aromatic N) is 2. The number of rotatable bonds is 8. The van der Waals surface area contributed by atoms with Crippen molar-refractivity contribution < 1.29 is 9.59 Å². The molecule has 0 spiro atoms. The van der Waals surface area contributed by atoms with E-state index in [1.807, 2.05) is 85.2 Å². The number of nitrogens with one attached hydrogen (secondary N) is 4. The van der Waals surface area contributed by atoms with Crippen LogP contribution in [0.3, 0.4) is 0 Å². The third-order valence-corrected chi connectivity index (χ3v) is 5.73. The summed E-state index contributed by atoms with van der Waals surface area (Å²) in [6.45, 7) is 0. The van der Waals surface area contributed by atoms with E-state index in [0.717, 1.165) is 44.1 Å². The number of hydrogen-bond donors (Lipinski definition) is 4. The van der Waals surface area contributed by atoms with Crippen LogP contribution in [0.25, 0.3) is 34.0 Å². The highest BCUT2D eigenvalue weighted by atomic mass is 16.2. The molecule has 38 heavy (non-hydrogen) atoms. The van der Waals surface area contributed by atoms with Crippen LogP contribution in [0.4, 0.5) is 0 Å². The first-order valence-electron chi connectivity index (χ1n) is 11.9. The first-order chi connectivity index (χ1) is 18.6. The predicted octanol–water partition coefficient (Wildman–Crippen LogP) is 4.98. The van der Waals surface area contributed by atoms with E-state index >= 15 is 0 Å². The number of hydrogen-bond acceptors (Lipinski definition) is 4. The van der Waals surface area contributed by atoms with Crippen LogP contribution in [0.2, 0.25) is 0 Å². The van der Waals surface area contributed by atoms with Gasteiger partial charge in [0.15, 0.2) is 0 Å². The average Bonchev–Trinajstić information content (AvgIpc) is 3.60. The van der Waals surface area contributed by atoms with E-state index in [1.165, 1.54) is 12.2 Å². The van der Waals surface area contributed by atoms with Gasteiger partial charge in [-0.25, -0.2) is 10.9 Å². The van der Waals surface area contributed by atoms with E-state index in [-0.39, 0.29) is 11.8 Å². The summed E-state index contributed by atoms with van der Waals surface area (Å²) in [5.74, 6) is -0.674. The van der Waals surface area contributed by atoms with Gasteiger partial charge in [0, 0.05) is 35.6 Å². The van der Waals surface area contributed by atoms with E-state index in [0.29, 0.717) is 0 Å². The van der Waals surface area contributed by atoms with Crippen molar-refractivity contribution in [1.29, 1.82) is 0 Å². The summed E-state index contributed by atoms with van der Waals surface area (Å²) in [7, 11) is 0. The van der Waals surface area contributed by atoms with Gasteiger partial charge in [-0.3, -0.25) is 9.59 Å². The number of carbonyl (C=O) groups excluding carboxylic acids is 2. The lowest BCUT2D eigenvalue weighted by Crippen LogP contribution is -2.14. The maximum atomic E-state index is 12.1. The second kappa shape index (κ2) is 11.5. The highest BCUT2D eigenvalue weighted by Crippen LogP contribution is 2.14. The lowest BCUT2D eigenvalue weighted by Gasteiger charge is -1.98. The lowest BCUT2D eigenvalue weighted by atomic mass is 10.1. The Balaban J connectivity index is 1.07. The standard InChI is InChI=1S/C30H24N6O2/c37-29(35-33-19-23-5-9-25-13-15-31-27(25)17-23)11-7-21-1-2-22(4-3-21)8-12-30(38)36-34-20-24-6-10-26-14-16-32-28(26)18-24/h1-20,31-32H,(H,35,37)(H,36,38)/b11-7+,12-8+,33-19+,34-20+. The predicted molar refractivity (Wildman–Crippen MR) is 153 cm³/mol. The molecule has 2 amide bonds. The fourth-order valence-corrected chi connectivity index (χ4v) is 3.77. The molecule has 0 aliphatic heterocycles. The molecule has 5 aromatic rings. The summed E-state index contributed by atoms with van der Waals surface area (Å²) < 4.78 is 0. The van der Waals surface area contributed by atoms with Crippen molar-refractivity contribution in [3.63, 3.8) is 0 Å². The minimum Gasteiger partial charge on any atom is -0.361 e. The van der Waals surface area contributed by atoms with Gasteiger partial charge in [0.25, 0.3) is 11.8 Å². The summed E-state index contributed by atoms with van der Waals surface area (Å²) in [5, 5.41) is 10.2. The number of H-pyrrole nitrogens is 2. The number of hydrazone groups is 2. The molecule has 0 aliphatic carbocycles. The number of amides is 2. The van der Waals surface area contributed by atoms with E-state index < -0.39 is 0 Å². The van der Waals surface area contributed by atoms with Crippen LogP contribution in [-0.2, 0) is 9.59 Å². The summed E-state index contributed by atoms with van der Waals surface area (Å²) in [6, 6.07) is 23.1. The first kappa shape index (κ1) is 24.2. The molecule has 186 valence electrons. The quantitative estimate of drug-likeness (QED) is 0.137. The molecule has 0 bridgehead atoms. The Labute approximate surface area is 218 Å². The van der Waals surface area contributed by atoms with Gasteiger partial charge in [-0.1, -0.05) is 48.5 Å². The number of aromatic nitrogens is 2. The maximum absolute atomic E-state index is 12.1. The fourth-order valence-electron chi connectivity index (χ4n) is 3.77. The zero-order chi connectivity index (χ0) is 26.2. The Morgan fingerprint density at radius 3 is 1.45 bits per heavy atom. The van der Waals surface area contributed by atoms with E-state index in [4.69, 9.17) is 0 Å². The Kier molecular flexibility index (Phi) is 7.32.